The van der Waals surface area contributed by atoms with Gasteiger partial charge in [0.1, 0.15) is 0 Å². The molecule has 1 rings (SSSR count). The quantitative estimate of drug-likeness (QED) is 0.533. The van der Waals surface area contributed by atoms with Crippen LogP contribution in [0.5, 0.6) is 0 Å². The summed E-state index contributed by atoms with van der Waals surface area (Å²) in [6.07, 6.45) is 1.41. The van der Waals surface area contributed by atoms with Gasteiger partial charge in [-0.15, -0.1) is 0 Å². The minimum Gasteiger partial charge on any atom is -0.481 e. The maximum absolute atomic E-state index is 10.9. The monoisotopic (exact) mass is 216 g/mol. The van der Waals surface area contributed by atoms with Crippen molar-refractivity contribution >= 4 is 5.97 Å². The lowest BCUT2D eigenvalue weighted by Crippen LogP contribution is -2.49. The van der Waals surface area contributed by atoms with Gasteiger partial charge in [-0.2, -0.15) is 0 Å². The molecule has 0 amide bonds. The van der Waals surface area contributed by atoms with E-state index >= 15 is 0 Å². The number of carboxylic acids is 1. The number of aliphatic carboxylic acids is 1. The highest BCUT2D eigenvalue weighted by Crippen LogP contribution is 2.15. The largest absolute Gasteiger partial charge is 0.481 e. The van der Waals surface area contributed by atoms with Crippen LogP contribution in [-0.2, 0) is 4.79 Å². The van der Waals surface area contributed by atoms with E-state index in [4.69, 9.17) is 10.2 Å². The first-order valence-corrected chi connectivity index (χ1v) is 5.39. The Kier molecular flexibility index (Phi) is 5.01. The third-order valence-corrected chi connectivity index (χ3v) is 2.75. The van der Waals surface area contributed by atoms with E-state index in [0.717, 1.165) is 19.5 Å². The van der Waals surface area contributed by atoms with Crippen LogP contribution in [0.4, 0.5) is 0 Å². The lowest BCUT2D eigenvalue weighted by Gasteiger charge is -2.34. The molecule has 2 atom stereocenters. The average Bonchev–Trinajstić information content (AvgIpc) is 2.17. The average molecular weight is 216 g/mol. The molecule has 0 radical (unpaired) electrons. The van der Waals surface area contributed by atoms with Crippen molar-refractivity contribution in [2.75, 3.05) is 33.3 Å². The lowest BCUT2D eigenvalue weighted by atomic mass is 9.94. The van der Waals surface area contributed by atoms with E-state index in [1.54, 1.807) is 0 Å². The summed E-state index contributed by atoms with van der Waals surface area (Å²) in [6, 6.07) is 0.233. The molecule has 0 saturated carbocycles. The van der Waals surface area contributed by atoms with E-state index in [2.05, 4.69) is 5.32 Å². The first-order valence-electron chi connectivity index (χ1n) is 5.39. The first-order chi connectivity index (χ1) is 7.13. The number of likely N-dealkylation sites (N-methyl/N-ethyl adjacent to an activating group) is 1. The number of hydrogen-bond donors (Lipinski definition) is 3. The Hall–Kier alpha value is -0.650. The maximum Gasteiger partial charge on any atom is 0.307 e. The summed E-state index contributed by atoms with van der Waals surface area (Å²) in [5.41, 5.74) is 0. The van der Waals surface area contributed by atoms with Crippen molar-refractivity contribution in [3.63, 3.8) is 0 Å². The standard InChI is InChI=1S/C10H20N2O3/c1-12-6-8(10(14)15)5-9(7-12)11-3-2-4-13/h8-9,11,13H,2-7H2,1H3,(H,14,15). The van der Waals surface area contributed by atoms with Crippen molar-refractivity contribution in [3.8, 4) is 0 Å². The number of carbonyl (C=O) groups is 1. The van der Waals surface area contributed by atoms with E-state index in [0.29, 0.717) is 13.0 Å². The molecule has 5 heteroatoms. The van der Waals surface area contributed by atoms with Gasteiger partial charge in [-0.1, -0.05) is 0 Å². The van der Waals surface area contributed by atoms with Crippen LogP contribution in [0, 0.1) is 5.92 Å². The summed E-state index contributed by atoms with van der Waals surface area (Å²) in [4.78, 5) is 12.9. The number of aliphatic hydroxyl groups is 1. The SMILES string of the molecule is CN1CC(NCCCO)CC(C(=O)O)C1. The fourth-order valence-electron chi connectivity index (χ4n) is 2.03. The minimum absolute atomic E-state index is 0.178. The van der Waals surface area contributed by atoms with Crippen molar-refractivity contribution in [3.05, 3.63) is 0 Å². The molecule has 1 aliphatic rings. The fourth-order valence-corrected chi connectivity index (χ4v) is 2.03. The number of rotatable bonds is 5. The summed E-state index contributed by atoms with van der Waals surface area (Å²) < 4.78 is 0. The number of likely N-dealkylation sites (tertiary alicyclic amines) is 1. The Labute approximate surface area is 90.1 Å². The van der Waals surface area contributed by atoms with E-state index in [1.807, 2.05) is 11.9 Å². The summed E-state index contributed by atoms with van der Waals surface area (Å²) in [6.45, 7) is 2.45. The van der Waals surface area contributed by atoms with Gasteiger partial charge in [-0.25, -0.2) is 0 Å². The molecule has 0 aliphatic carbocycles. The Morgan fingerprint density at radius 1 is 1.53 bits per heavy atom. The molecule has 2 unspecified atom stereocenters. The van der Waals surface area contributed by atoms with E-state index in [9.17, 15) is 4.79 Å². The number of nitrogens with zero attached hydrogens (tertiary/aromatic N) is 1. The van der Waals surface area contributed by atoms with Gasteiger partial charge in [0.2, 0.25) is 0 Å². The van der Waals surface area contributed by atoms with E-state index in [1.165, 1.54) is 0 Å². The third kappa shape index (κ3) is 4.15. The van der Waals surface area contributed by atoms with E-state index in [-0.39, 0.29) is 18.6 Å². The third-order valence-electron chi connectivity index (χ3n) is 2.75. The topological polar surface area (TPSA) is 72.8 Å². The second-order valence-corrected chi connectivity index (χ2v) is 4.22. The summed E-state index contributed by atoms with van der Waals surface area (Å²) in [5, 5.41) is 20.9. The van der Waals surface area contributed by atoms with Gasteiger partial charge in [0, 0.05) is 25.7 Å². The minimum atomic E-state index is -0.712. The number of nitrogens with one attached hydrogen (secondary N) is 1. The number of hydrogen-bond acceptors (Lipinski definition) is 4. The van der Waals surface area contributed by atoms with Crippen molar-refractivity contribution in [1.82, 2.24) is 10.2 Å². The molecule has 0 aromatic rings. The Balaban J connectivity index is 2.34. The fraction of sp³-hybridized carbons (Fsp3) is 0.900. The first kappa shape index (κ1) is 12.4. The van der Waals surface area contributed by atoms with Crippen LogP contribution in [0.1, 0.15) is 12.8 Å². The zero-order valence-corrected chi connectivity index (χ0v) is 9.15. The number of piperidine rings is 1. The number of aliphatic hydroxyl groups excluding tert-OH is 1. The predicted molar refractivity (Wildman–Crippen MR) is 56.7 cm³/mol. The molecule has 0 bridgehead atoms. The predicted octanol–water partition coefficient (Wildman–Crippen LogP) is -0.637. The van der Waals surface area contributed by atoms with Crippen LogP contribution in [0.2, 0.25) is 0 Å². The lowest BCUT2D eigenvalue weighted by molar-refractivity contribution is -0.143. The Morgan fingerprint density at radius 3 is 2.87 bits per heavy atom. The molecule has 1 fully saturated rings. The van der Waals surface area contributed by atoms with Crippen molar-refractivity contribution in [2.24, 2.45) is 5.92 Å². The van der Waals surface area contributed by atoms with Gasteiger partial charge in [0.15, 0.2) is 0 Å². The molecule has 5 nitrogen and oxygen atoms in total. The Morgan fingerprint density at radius 2 is 2.27 bits per heavy atom. The van der Waals surface area contributed by atoms with Gasteiger partial charge >= 0.3 is 5.97 Å². The molecule has 1 heterocycles. The van der Waals surface area contributed by atoms with Crippen molar-refractivity contribution in [2.45, 2.75) is 18.9 Å². The molecule has 0 aromatic heterocycles. The zero-order chi connectivity index (χ0) is 11.3. The van der Waals surface area contributed by atoms with Gasteiger partial charge in [0.05, 0.1) is 5.92 Å². The molecule has 0 spiro atoms. The highest BCUT2D eigenvalue weighted by atomic mass is 16.4. The zero-order valence-electron chi connectivity index (χ0n) is 9.15. The highest BCUT2D eigenvalue weighted by Gasteiger charge is 2.29. The molecule has 1 aliphatic heterocycles. The van der Waals surface area contributed by atoms with Crippen LogP contribution >= 0.6 is 0 Å². The van der Waals surface area contributed by atoms with Gasteiger partial charge in [0.25, 0.3) is 0 Å². The molecule has 88 valence electrons. The summed E-state index contributed by atoms with van der Waals surface area (Å²) in [7, 11) is 1.94. The molecule has 1 saturated heterocycles. The number of carboxylic acid groups (broad SMARTS) is 1. The Bertz CT molecular complexity index is 211. The normalized spacial score (nSPS) is 27.9. The van der Waals surface area contributed by atoms with Gasteiger partial charge in [-0.3, -0.25) is 4.79 Å². The van der Waals surface area contributed by atoms with Crippen molar-refractivity contribution < 1.29 is 15.0 Å². The summed E-state index contributed by atoms with van der Waals surface area (Å²) in [5.74, 6) is -0.981. The van der Waals surface area contributed by atoms with Crippen LogP contribution in [0.3, 0.4) is 0 Å². The second kappa shape index (κ2) is 6.05. The van der Waals surface area contributed by atoms with Crippen LogP contribution in [-0.4, -0.2) is 60.4 Å². The van der Waals surface area contributed by atoms with Crippen molar-refractivity contribution in [1.29, 1.82) is 0 Å². The summed E-state index contributed by atoms with van der Waals surface area (Å²) >= 11 is 0. The van der Waals surface area contributed by atoms with Crippen LogP contribution < -0.4 is 5.32 Å². The van der Waals surface area contributed by atoms with E-state index < -0.39 is 5.97 Å². The highest BCUT2D eigenvalue weighted by molar-refractivity contribution is 5.70. The molecular weight excluding hydrogens is 196 g/mol. The molecule has 0 aromatic carbocycles. The maximum atomic E-state index is 10.9. The van der Waals surface area contributed by atoms with Gasteiger partial charge in [-0.05, 0) is 26.4 Å². The van der Waals surface area contributed by atoms with Gasteiger partial charge < -0.3 is 20.4 Å². The van der Waals surface area contributed by atoms with Crippen LogP contribution in [0.15, 0.2) is 0 Å². The molecular formula is C10H20N2O3. The van der Waals surface area contributed by atoms with Crippen LogP contribution in [0.25, 0.3) is 0 Å². The smallest absolute Gasteiger partial charge is 0.307 e. The molecule has 15 heavy (non-hydrogen) atoms. The molecule has 3 N–H and O–H groups in total. The second-order valence-electron chi connectivity index (χ2n) is 4.22.